The highest BCUT2D eigenvalue weighted by Gasteiger charge is 2.42. The average Bonchev–Trinajstić information content (AvgIpc) is 3.12. The van der Waals surface area contributed by atoms with Crippen molar-refractivity contribution in [3.8, 4) is 5.75 Å². The molecule has 0 spiro atoms. The van der Waals surface area contributed by atoms with Crippen LogP contribution in [0.3, 0.4) is 0 Å². The van der Waals surface area contributed by atoms with Crippen molar-refractivity contribution in [2.24, 2.45) is 0 Å². The molecule has 1 atom stereocenters. The number of nitrogens with zero attached hydrogens (tertiary/aromatic N) is 2. The van der Waals surface area contributed by atoms with Crippen LogP contribution in [0.25, 0.3) is 11.0 Å². The first-order valence-electron chi connectivity index (χ1n) is 11.1. The largest absolute Gasteiger partial charge is 0.497 e. The van der Waals surface area contributed by atoms with E-state index in [1.807, 2.05) is 12.1 Å². The number of hydrogen-bond acceptors (Lipinski definition) is 6. The van der Waals surface area contributed by atoms with Crippen LogP contribution < -0.4 is 10.2 Å². The molecule has 3 heterocycles. The predicted molar refractivity (Wildman–Crippen MR) is 120 cm³/mol. The number of methoxy groups -OCH3 is 1. The van der Waals surface area contributed by atoms with Gasteiger partial charge in [0.05, 0.1) is 37.3 Å². The monoisotopic (exact) mass is 452 g/mol. The van der Waals surface area contributed by atoms with E-state index in [-0.39, 0.29) is 33.6 Å². The van der Waals surface area contributed by atoms with Gasteiger partial charge in [0.2, 0.25) is 5.76 Å². The first-order valence-corrected chi connectivity index (χ1v) is 11.1. The van der Waals surface area contributed by atoms with Crippen LogP contribution in [0.4, 0.5) is 4.39 Å². The molecule has 0 aliphatic carbocycles. The molecule has 1 unspecified atom stereocenters. The Morgan fingerprint density at radius 2 is 1.82 bits per heavy atom. The van der Waals surface area contributed by atoms with Crippen LogP contribution in [0.15, 0.2) is 51.7 Å². The third kappa shape index (κ3) is 4.00. The number of rotatable bonds is 6. The van der Waals surface area contributed by atoms with Crippen molar-refractivity contribution in [2.75, 3.05) is 46.5 Å². The summed E-state index contributed by atoms with van der Waals surface area (Å²) < 4.78 is 30.4. The quantitative estimate of drug-likeness (QED) is 0.572. The number of halogens is 1. The van der Waals surface area contributed by atoms with Gasteiger partial charge in [0, 0.05) is 26.2 Å². The highest BCUT2D eigenvalue weighted by atomic mass is 19.1. The van der Waals surface area contributed by atoms with Crippen LogP contribution in [-0.2, 0) is 4.74 Å². The third-order valence-electron chi connectivity index (χ3n) is 6.34. The van der Waals surface area contributed by atoms with E-state index in [2.05, 4.69) is 4.90 Å². The molecular weight excluding hydrogens is 427 g/mol. The summed E-state index contributed by atoms with van der Waals surface area (Å²) >= 11 is 0. The Morgan fingerprint density at radius 3 is 2.55 bits per heavy atom. The van der Waals surface area contributed by atoms with Crippen LogP contribution in [-0.4, -0.2) is 62.2 Å². The molecule has 172 valence electrons. The molecule has 1 saturated heterocycles. The lowest BCUT2D eigenvalue weighted by Gasteiger charge is -2.29. The van der Waals surface area contributed by atoms with E-state index in [0.717, 1.165) is 37.7 Å². The zero-order valence-corrected chi connectivity index (χ0v) is 18.4. The van der Waals surface area contributed by atoms with E-state index >= 15 is 0 Å². The summed E-state index contributed by atoms with van der Waals surface area (Å²) in [5.74, 6) is -0.139. The molecule has 2 aliphatic heterocycles. The zero-order valence-electron chi connectivity index (χ0n) is 18.4. The third-order valence-corrected chi connectivity index (χ3v) is 6.34. The van der Waals surface area contributed by atoms with Crippen molar-refractivity contribution in [1.29, 1.82) is 0 Å². The standard InChI is InChI=1S/C25H25FN2O5/c1-31-18-6-3-16(4-7-18)22-21-23(29)19-15-17(26)5-8-20(19)33-24(21)25(30)28(22)10-2-9-27-11-13-32-14-12-27/h3-8,15,22H,2,9-14H2,1H3. The van der Waals surface area contributed by atoms with Crippen LogP contribution in [0, 0.1) is 5.82 Å². The molecule has 2 aliphatic rings. The molecule has 0 N–H and O–H groups in total. The van der Waals surface area contributed by atoms with E-state index in [4.69, 9.17) is 13.9 Å². The van der Waals surface area contributed by atoms with Gasteiger partial charge in [0.15, 0.2) is 5.43 Å². The molecule has 0 radical (unpaired) electrons. The Labute approximate surface area is 190 Å². The first kappa shape index (κ1) is 21.6. The summed E-state index contributed by atoms with van der Waals surface area (Å²) in [5, 5.41) is 0.134. The minimum atomic E-state index is -0.605. The van der Waals surface area contributed by atoms with E-state index < -0.39 is 11.9 Å². The van der Waals surface area contributed by atoms with Gasteiger partial charge in [-0.2, -0.15) is 0 Å². The second-order valence-corrected chi connectivity index (χ2v) is 8.30. The first-order chi connectivity index (χ1) is 16.1. The summed E-state index contributed by atoms with van der Waals surface area (Å²) in [5.41, 5.74) is 0.861. The summed E-state index contributed by atoms with van der Waals surface area (Å²) in [6, 6.07) is 10.5. The molecule has 2 aromatic carbocycles. The molecule has 5 rings (SSSR count). The fourth-order valence-corrected chi connectivity index (χ4v) is 4.65. The normalized spacial score (nSPS) is 18.7. The second kappa shape index (κ2) is 8.96. The van der Waals surface area contributed by atoms with E-state index in [0.29, 0.717) is 25.5 Å². The highest BCUT2D eigenvalue weighted by Crippen LogP contribution is 2.38. The molecule has 1 aromatic heterocycles. The van der Waals surface area contributed by atoms with Gasteiger partial charge in [-0.15, -0.1) is 0 Å². The molecule has 3 aromatic rings. The summed E-state index contributed by atoms with van der Waals surface area (Å²) in [4.78, 5) is 30.8. The molecule has 1 amide bonds. The van der Waals surface area contributed by atoms with Crippen LogP contribution in [0.2, 0.25) is 0 Å². The number of carbonyl (C=O) groups excluding carboxylic acids is 1. The number of amides is 1. The van der Waals surface area contributed by atoms with Gasteiger partial charge < -0.3 is 18.8 Å². The van der Waals surface area contributed by atoms with E-state index in [1.165, 1.54) is 12.1 Å². The lowest BCUT2D eigenvalue weighted by atomic mass is 9.98. The lowest BCUT2D eigenvalue weighted by Crippen LogP contribution is -2.38. The molecule has 0 saturated carbocycles. The van der Waals surface area contributed by atoms with Gasteiger partial charge in [-0.05, 0) is 42.3 Å². The number of fused-ring (bicyclic) bond motifs is 2. The fraction of sp³-hybridized carbons (Fsp3) is 0.360. The summed E-state index contributed by atoms with van der Waals surface area (Å²) in [6.45, 7) is 4.45. The molecular formula is C25H25FN2O5. The molecule has 8 heteroatoms. The predicted octanol–water partition coefficient (Wildman–Crippen LogP) is 3.21. The fourth-order valence-electron chi connectivity index (χ4n) is 4.65. The minimum absolute atomic E-state index is 0.0336. The summed E-state index contributed by atoms with van der Waals surface area (Å²) in [7, 11) is 1.58. The maximum Gasteiger partial charge on any atom is 0.290 e. The Hall–Kier alpha value is -3.23. The minimum Gasteiger partial charge on any atom is -0.497 e. The Morgan fingerprint density at radius 1 is 1.06 bits per heavy atom. The molecule has 33 heavy (non-hydrogen) atoms. The SMILES string of the molecule is COc1ccc(C2c3c(oc4ccc(F)cc4c3=O)C(=O)N2CCCN2CCOCC2)cc1. The van der Waals surface area contributed by atoms with Gasteiger partial charge >= 0.3 is 0 Å². The van der Waals surface area contributed by atoms with Crippen molar-refractivity contribution < 1.29 is 23.1 Å². The van der Waals surface area contributed by atoms with Crippen LogP contribution >= 0.6 is 0 Å². The van der Waals surface area contributed by atoms with Gasteiger partial charge in [-0.1, -0.05) is 12.1 Å². The van der Waals surface area contributed by atoms with Crippen molar-refractivity contribution in [3.05, 3.63) is 75.4 Å². The van der Waals surface area contributed by atoms with Crippen LogP contribution in [0.5, 0.6) is 5.75 Å². The smallest absolute Gasteiger partial charge is 0.290 e. The summed E-state index contributed by atoms with van der Waals surface area (Å²) in [6.07, 6.45) is 0.745. The number of carbonyl (C=O) groups is 1. The topological polar surface area (TPSA) is 72.2 Å². The maximum absolute atomic E-state index is 13.9. The van der Waals surface area contributed by atoms with Gasteiger partial charge in [0.25, 0.3) is 5.91 Å². The zero-order chi connectivity index (χ0) is 22.9. The van der Waals surface area contributed by atoms with Crippen molar-refractivity contribution >= 4 is 16.9 Å². The molecule has 7 nitrogen and oxygen atoms in total. The molecule has 0 bridgehead atoms. The number of benzene rings is 2. The average molecular weight is 452 g/mol. The maximum atomic E-state index is 13.9. The molecule has 1 fully saturated rings. The van der Waals surface area contributed by atoms with Gasteiger partial charge in [0.1, 0.15) is 17.1 Å². The van der Waals surface area contributed by atoms with E-state index in [1.54, 1.807) is 24.1 Å². The van der Waals surface area contributed by atoms with Gasteiger partial charge in [-0.25, -0.2) is 4.39 Å². The van der Waals surface area contributed by atoms with Crippen molar-refractivity contribution in [1.82, 2.24) is 9.80 Å². The number of hydrogen-bond donors (Lipinski definition) is 0. The van der Waals surface area contributed by atoms with Crippen molar-refractivity contribution in [3.63, 3.8) is 0 Å². The van der Waals surface area contributed by atoms with Crippen LogP contribution in [0.1, 0.15) is 34.1 Å². The van der Waals surface area contributed by atoms with Gasteiger partial charge in [-0.3, -0.25) is 14.5 Å². The van der Waals surface area contributed by atoms with E-state index in [9.17, 15) is 14.0 Å². The Bertz CT molecular complexity index is 1230. The number of morpholine rings is 1. The number of ether oxygens (including phenoxy) is 2. The Kier molecular flexibility index (Phi) is 5.86. The lowest BCUT2D eigenvalue weighted by molar-refractivity contribution is 0.0353. The highest BCUT2D eigenvalue weighted by molar-refractivity contribution is 5.99. The second-order valence-electron chi connectivity index (χ2n) is 8.30. The van der Waals surface area contributed by atoms with Crippen molar-refractivity contribution in [2.45, 2.75) is 12.5 Å². The Balaban J connectivity index is 1.53.